The SMILES string of the molecule is CC(C)[C@H]1CN(Cc2ccccn2)C[C@@H]1NC(=O)CCS(C)(=O)=O.Cl. The van der Waals surface area contributed by atoms with E-state index >= 15 is 0 Å². The number of hydrogen-bond donors (Lipinski definition) is 1. The molecule has 0 bridgehead atoms. The van der Waals surface area contributed by atoms with Gasteiger partial charge in [-0.15, -0.1) is 12.4 Å². The zero-order chi connectivity index (χ0) is 17.7. The van der Waals surface area contributed by atoms with Crippen LogP contribution in [0.5, 0.6) is 0 Å². The molecule has 0 aromatic carbocycles. The lowest BCUT2D eigenvalue weighted by Gasteiger charge is -2.22. The topological polar surface area (TPSA) is 79.4 Å². The number of hydrogen-bond acceptors (Lipinski definition) is 5. The van der Waals surface area contributed by atoms with E-state index in [0.29, 0.717) is 11.8 Å². The average molecular weight is 390 g/mol. The van der Waals surface area contributed by atoms with E-state index in [1.165, 1.54) is 0 Å². The Kier molecular flexibility index (Phi) is 8.31. The molecule has 1 aliphatic heterocycles. The summed E-state index contributed by atoms with van der Waals surface area (Å²) in [5.74, 6) is 0.515. The van der Waals surface area contributed by atoms with E-state index in [1.807, 2.05) is 18.2 Å². The minimum absolute atomic E-state index is 0. The number of pyridine rings is 1. The van der Waals surface area contributed by atoms with Crippen molar-refractivity contribution < 1.29 is 13.2 Å². The highest BCUT2D eigenvalue weighted by molar-refractivity contribution is 7.90. The van der Waals surface area contributed by atoms with Gasteiger partial charge in [-0.2, -0.15) is 0 Å². The summed E-state index contributed by atoms with van der Waals surface area (Å²) in [7, 11) is -3.11. The van der Waals surface area contributed by atoms with Crippen LogP contribution >= 0.6 is 12.4 Å². The summed E-state index contributed by atoms with van der Waals surface area (Å²) in [4.78, 5) is 18.7. The first-order chi connectivity index (χ1) is 11.2. The Morgan fingerprint density at radius 2 is 2.08 bits per heavy atom. The maximum absolute atomic E-state index is 12.1. The molecule has 25 heavy (non-hydrogen) atoms. The highest BCUT2D eigenvalue weighted by atomic mass is 35.5. The number of likely N-dealkylation sites (tertiary alicyclic amines) is 1. The van der Waals surface area contributed by atoms with Crippen LogP contribution in [0.15, 0.2) is 24.4 Å². The number of rotatable bonds is 7. The van der Waals surface area contributed by atoms with Crippen LogP contribution in [0.1, 0.15) is 26.0 Å². The molecule has 142 valence electrons. The lowest BCUT2D eigenvalue weighted by molar-refractivity contribution is -0.121. The molecule has 8 heteroatoms. The van der Waals surface area contributed by atoms with Crippen molar-refractivity contribution in [3.8, 4) is 0 Å². The summed E-state index contributed by atoms with van der Waals surface area (Å²) in [6.07, 6.45) is 2.97. The quantitative estimate of drug-likeness (QED) is 0.764. The second-order valence-electron chi connectivity index (χ2n) is 6.98. The van der Waals surface area contributed by atoms with Gasteiger partial charge in [0.2, 0.25) is 5.91 Å². The first-order valence-corrected chi connectivity index (χ1v) is 10.4. The Balaban J connectivity index is 0.00000312. The third-order valence-electron chi connectivity index (χ3n) is 4.46. The number of halogens is 1. The number of amides is 1. The van der Waals surface area contributed by atoms with E-state index in [2.05, 4.69) is 29.0 Å². The Hall–Kier alpha value is -1.18. The van der Waals surface area contributed by atoms with Crippen LogP contribution in [0, 0.1) is 11.8 Å². The molecule has 0 spiro atoms. The van der Waals surface area contributed by atoms with E-state index in [4.69, 9.17) is 0 Å². The molecule has 1 aromatic heterocycles. The van der Waals surface area contributed by atoms with Crippen molar-refractivity contribution in [1.82, 2.24) is 15.2 Å². The van der Waals surface area contributed by atoms with E-state index in [-0.39, 0.29) is 36.5 Å². The normalized spacial score (nSPS) is 21.1. The second kappa shape index (κ2) is 9.50. The van der Waals surface area contributed by atoms with Crippen LogP contribution in [-0.2, 0) is 21.2 Å². The molecule has 1 saturated heterocycles. The number of carbonyl (C=O) groups excluding carboxylic acids is 1. The number of carbonyl (C=O) groups is 1. The molecule has 6 nitrogen and oxygen atoms in total. The number of nitrogens with one attached hydrogen (secondary N) is 1. The molecular formula is C17H28ClN3O3S. The Bertz CT molecular complexity index is 652. The van der Waals surface area contributed by atoms with Gasteiger partial charge in [-0.05, 0) is 24.0 Å². The van der Waals surface area contributed by atoms with Crippen molar-refractivity contribution in [3.63, 3.8) is 0 Å². The van der Waals surface area contributed by atoms with Gasteiger partial charge in [0, 0.05) is 44.5 Å². The summed E-state index contributed by atoms with van der Waals surface area (Å²) in [6, 6.07) is 5.93. The van der Waals surface area contributed by atoms with Crippen molar-refractivity contribution >= 4 is 28.2 Å². The fraction of sp³-hybridized carbons (Fsp3) is 0.647. The predicted octanol–water partition coefficient (Wildman–Crippen LogP) is 1.51. The minimum Gasteiger partial charge on any atom is -0.352 e. The summed E-state index contributed by atoms with van der Waals surface area (Å²) >= 11 is 0. The smallest absolute Gasteiger partial charge is 0.221 e. The zero-order valence-electron chi connectivity index (χ0n) is 15.0. The lowest BCUT2D eigenvalue weighted by Crippen LogP contribution is -2.42. The van der Waals surface area contributed by atoms with Gasteiger partial charge in [-0.1, -0.05) is 19.9 Å². The van der Waals surface area contributed by atoms with Gasteiger partial charge in [0.1, 0.15) is 9.84 Å². The van der Waals surface area contributed by atoms with E-state index in [9.17, 15) is 13.2 Å². The first-order valence-electron chi connectivity index (χ1n) is 8.34. The van der Waals surface area contributed by atoms with Gasteiger partial charge < -0.3 is 5.32 Å². The molecular weight excluding hydrogens is 362 g/mol. The Labute approximate surface area is 156 Å². The summed E-state index contributed by atoms with van der Waals surface area (Å²) in [5.41, 5.74) is 1.02. The van der Waals surface area contributed by atoms with Gasteiger partial charge in [0.25, 0.3) is 0 Å². The molecule has 1 aromatic rings. The molecule has 1 aliphatic rings. The summed E-state index contributed by atoms with van der Waals surface area (Å²) in [5, 5.41) is 3.03. The monoisotopic (exact) mass is 389 g/mol. The van der Waals surface area contributed by atoms with Gasteiger partial charge >= 0.3 is 0 Å². The highest BCUT2D eigenvalue weighted by Gasteiger charge is 2.35. The third-order valence-corrected chi connectivity index (χ3v) is 5.40. The molecule has 1 N–H and O–H groups in total. The summed E-state index contributed by atoms with van der Waals surface area (Å²) < 4.78 is 22.4. The lowest BCUT2D eigenvalue weighted by atomic mass is 9.91. The van der Waals surface area contributed by atoms with E-state index in [0.717, 1.165) is 31.6 Å². The highest BCUT2D eigenvalue weighted by Crippen LogP contribution is 2.25. The van der Waals surface area contributed by atoms with Crippen LogP contribution in [0.3, 0.4) is 0 Å². The third kappa shape index (κ3) is 7.30. The minimum atomic E-state index is -3.11. The Morgan fingerprint density at radius 3 is 2.64 bits per heavy atom. The summed E-state index contributed by atoms with van der Waals surface area (Å²) in [6.45, 7) is 6.75. The molecule has 1 amide bonds. The van der Waals surface area contributed by atoms with Gasteiger partial charge in [0.05, 0.1) is 11.4 Å². The van der Waals surface area contributed by atoms with Crippen molar-refractivity contribution in [1.29, 1.82) is 0 Å². The maximum atomic E-state index is 12.1. The fourth-order valence-electron chi connectivity index (χ4n) is 3.15. The van der Waals surface area contributed by atoms with Crippen molar-refractivity contribution in [2.24, 2.45) is 11.8 Å². The number of sulfone groups is 1. The second-order valence-corrected chi connectivity index (χ2v) is 9.24. The van der Waals surface area contributed by atoms with E-state index in [1.54, 1.807) is 6.20 Å². The van der Waals surface area contributed by atoms with Crippen LogP contribution in [0.25, 0.3) is 0 Å². The molecule has 2 atom stereocenters. The maximum Gasteiger partial charge on any atom is 0.221 e. The average Bonchev–Trinajstić information content (AvgIpc) is 2.88. The largest absolute Gasteiger partial charge is 0.352 e. The molecule has 1 fully saturated rings. The van der Waals surface area contributed by atoms with Gasteiger partial charge in [-0.25, -0.2) is 8.42 Å². The zero-order valence-corrected chi connectivity index (χ0v) is 16.6. The molecule has 2 heterocycles. The standard InChI is InChI=1S/C17H27N3O3S.ClH/c1-13(2)15-11-20(10-14-6-4-5-8-18-14)12-16(15)19-17(21)7-9-24(3,22)23;/h4-6,8,13,15-16H,7,9-12H2,1-3H3,(H,19,21);1H/t15-,16+;/m1./s1. The van der Waals surface area contributed by atoms with Gasteiger partial charge in [0.15, 0.2) is 0 Å². The predicted molar refractivity (Wildman–Crippen MR) is 101 cm³/mol. The van der Waals surface area contributed by atoms with Crippen LogP contribution in [0.2, 0.25) is 0 Å². The van der Waals surface area contributed by atoms with Crippen LogP contribution in [0.4, 0.5) is 0 Å². The molecule has 2 rings (SSSR count). The van der Waals surface area contributed by atoms with Crippen LogP contribution in [-0.4, -0.2) is 55.3 Å². The molecule has 0 radical (unpaired) electrons. The molecule has 0 unspecified atom stereocenters. The molecule has 0 saturated carbocycles. The molecule has 0 aliphatic carbocycles. The number of nitrogens with zero attached hydrogens (tertiary/aromatic N) is 2. The first kappa shape index (κ1) is 21.9. The van der Waals surface area contributed by atoms with Crippen molar-refractivity contribution in [2.75, 3.05) is 25.1 Å². The van der Waals surface area contributed by atoms with Crippen molar-refractivity contribution in [2.45, 2.75) is 32.9 Å². The van der Waals surface area contributed by atoms with Gasteiger partial charge in [-0.3, -0.25) is 14.7 Å². The van der Waals surface area contributed by atoms with Crippen LogP contribution < -0.4 is 5.32 Å². The number of aromatic nitrogens is 1. The van der Waals surface area contributed by atoms with E-state index < -0.39 is 9.84 Å². The van der Waals surface area contributed by atoms with Crippen molar-refractivity contribution in [3.05, 3.63) is 30.1 Å². The fourth-order valence-corrected chi connectivity index (χ4v) is 3.70. The Morgan fingerprint density at radius 1 is 1.36 bits per heavy atom.